The minimum Gasteiger partial charge on any atom is -0.493 e. The molecule has 3 nitrogen and oxygen atoms in total. The Morgan fingerprint density at radius 3 is 2.43 bits per heavy atom. The molecule has 1 aromatic rings. The molecular formula is C18H30N2O. The van der Waals surface area contributed by atoms with Crippen LogP contribution in [0.4, 0.5) is 0 Å². The zero-order valence-electron chi connectivity index (χ0n) is 13.9. The Balaban J connectivity index is 1.81. The molecule has 0 saturated carbocycles. The second kappa shape index (κ2) is 8.40. The van der Waals surface area contributed by atoms with Crippen LogP contribution in [-0.4, -0.2) is 37.7 Å². The molecule has 1 saturated heterocycles. The van der Waals surface area contributed by atoms with Gasteiger partial charge in [0.05, 0.1) is 6.61 Å². The monoisotopic (exact) mass is 290 g/mol. The normalized spacial score (nSPS) is 15.6. The molecule has 0 atom stereocenters. The largest absolute Gasteiger partial charge is 0.493 e. The summed E-state index contributed by atoms with van der Waals surface area (Å²) in [5, 5.41) is 3.38. The molecule has 0 spiro atoms. The molecule has 1 aliphatic heterocycles. The lowest BCUT2D eigenvalue weighted by Crippen LogP contribution is -2.22. The summed E-state index contributed by atoms with van der Waals surface area (Å²) in [7, 11) is 0. The van der Waals surface area contributed by atoms with Gasteiger partial charge < -0.3 is 15.0 Å². The lowest BCUT2D eigenvalue weighted by atomic mass is 10.1. The van der Waals surface area contributed by atoms with E-state index in [1.807, 2.05) is 0 Å². The van der Waals surface area contributed by atoms with Gasteiger partial charge in [-0.25, -0.2) is 0 Å². The first-order chi connectivity index (χ1) is 10.2. The Morgan fingerprint density at radius 2 is 1.81 bits per heavy atom. The predicted molar refractivity (Wildman–Crippen MR) is 89.1 cm³/mol. The molecule has 0 aliphatic carbocycles. The Kier molecular flexibility index (Phi) is 6.52. The zero-order chi connectivity index (χ0) is 15.1. The molecule has 118 valence electrons. The molecule has 3 heteroatoms. The van der Waals surface area contributed by atoms with Crippen molar-refractivity contribution < 1.29 is 4.74 Å². The van der Waals surface area contributed by atoms with E-state index in [0.29, 0.717) is 0 Å². The van der Waals surface area contributed by atoms with E-state index in [2.05, 4.69) is 43.1 Å². The van der Waals surface area contributed by atoms with Crippen molar-refractivity contribution in [2.24, 2.45) is 0 Å². The Labute approximate surface area is 129 Å². The third kappa shape index (κ3) is 5.01. The number of hydrogen-bond acceptors (Lipinski definition) is 3. The molecule has 0 unspecified atom stereocenters. The minimum atomic E-state index is 0.824. The second-order valence-corrected chi connectivity index (χ2v) is 6.09. The molecule has 1 aromatic carbocycles. The highest BCUT2D eigenvalue weighted by Gasteiger charge is 2.11. The number of likely N-dealkylation sites (tertiary alicyclic amines) is 1. The summed E-state index contributed by atoms with van der Waals surface area (Å²) < 4.78 is 6.04. The Bertz CT molecular complexity index is 416. The van der Waals surface area contributed by atoms with E-state index in [1.54, 1.807) is 0 Å². The number of nitrogens with one attached hydrogen (secondary N) is 1. The highest BCUT2D eigenvalue weighted by Crippen LogP contribution is 2.25. The van der Waals surface area contributed by atoms with Crippen molar-refractivity contribution >= 4 is 0 Å². The van der Waals surface area contributed by atoms with Crippen molar-refractivity contribution in [2.75, 3.05) is 32.8 Å². The third-order valence-corrected chi connectivity index (χ3v) is 4.16. The number of rotatable bonds is 8. The average Bonchev–Trinajstić information content (AvgIpc) is 2.96. The lowest BCUT2D eigenvalue weighted by Gasteiger charge is -2.17. The van der Waals surface area contributed by atoms with Gasteiger partial charge in [-0.3, -0.25) is 0 Å². The topological polar surface area (TPSA) is 24.5 Å². The molecular weight excluding hydrogens is 260 g/mol. The van der Waals surface area contributed by atoms with Crippen LogP contribution in [0, 0.1) is 13.8 Å². The molecule has 1 aliphatic rings. The van der Waals surface area contributed by atoms with Crippen molar-refractivity contribution in [3.8, 4) is 5.75 Å². The molecule has 0 amide bonds. The van der Waals surface area contributed by atoms with Crippen LogP contribution in [0.5, 0.6) is 5.75 Å². The van der Waals surface area contributed by atoms with Crippen molar-refractivity contribution in [2.45, 2.75) is 46.6 Å². The van der Waals surface area contributed by atoms with E-state index in [1.165, 1.54) is 49.2 Å². The first kappa shape index (κ1) is 16.3. The SMILES string of the molecule is CCNCc1cc(C)c(OCCCN2CCCC2)c(C)c1. The van der Waals surface area contributed by atoms with E-state index in [9.17, 15) is 0 Å². The fourth-order valence-corrected chi connectivity index (χ4v) is 3.11. The molecule has 21 heavy (non-hydrogen) atoms. The van der Waals surface area contributed by atoms with E-state index in [0.717, 1.165) is 31.9 Å². The van der Waals surface area contributed by atoms with Gasteiger partial charge >= 0.3 is 0 Å². The maximum Gasteiger partial charge on any atom is 0.125 e. The summed E-state index contributed by atoms with van der Waals surface area (Å²) in [6.07, 6.45) is 3.86. The molecule has 1 N–H and O–H groups in total. The predicted octanol–water partition coefficient (Wildman–Crippen LogP) is 3.28. The van der Waals surface area contributed by atoms with Crippen molar-refractivity contribution in [1.29, 1.82) is 0 Å². The standard InChI is InChI=1S/C18H30N2O/c1-4-19-14-17-12-15(2)18(16(3)13-17)21-11-7-10-20-8-5-6-9-20/h12-13,19H,4-11,14H2,1-3H3. The first-order valence-corrected chi connectivity index (χ1v) is 8.36. The van der Waals surface area contributed by atoms with Crippen molar-refractivity contribution in [3.05, 3.63) is 28.8 Å². The van der Waals surface area contributed by atoms with E-state index >= 15 is 0 Å². The van der Waals surface area contributed by atoms with Gasteiger partial charge in [0.15, 0.2) is 0 Å². The van der Waals surface area contributed by atoms with Crippen LogP contribution < -0.4 is 10.1 Å². The molecule has 0 aromatic heterocycles. The average molecular weight is 290 g/mol. The maximum atomic E-state index is 6.04. The Hall–Kier alpha value is -1.06. The molecule has 1 heterocycles. The van der Waals surface area contributed by atoms with Gasteiger partial charge in [0.1, 0.15) is 5.75 Å². The first-order valence-electron chi connectivity index (χ1n) is 8.36. The summed E-state index contributed by atoms with van der Waals surface area (Å²) in [6, 6.07) is 4.48. The maximum absolute atomic E-state index is 6.04. The van der Waals surface area contributed by atoms with Gasteiger partial charge in [-0.15, -0.1) is 0 Å². The van der Waals surface area contributed by atoms with Crippen LogP contribution >= 0.6 is 0 Å². The number of nitrogens with zero attached hydrogens (tertiary/aromatic N) is 1. The van der Waals surface area contributed by atoms with Crippen molar-refractivity contribution in [3.63, 3.8) is 0 Å². The highest BCUT2D eigenvalue weighted by molar-refractivity contribution is 5.43. The number of aryl methyl sites for hydroxylation is 2. The lowest BCUT2D eigenvalue weighted by molar-refractivity contribution is 0.261. The summed E-state index contributed by atoms with van der Waals surface area (Å²) in [5.41, 5.74) is 3.85. The van der Waals surface area contributed by atoms with Crippen LogP contribution in [0.1, 0.15) is 42.9 Å². The molecule has 1 fully saturated rings. The fourth-order valence-electron chi connectivity index (χ4n) is 3.11. The number of ether oxygens (including phenoxy) is 1. The minimum absolute atomic E-state index is 0.824. The quantitative estimate of drug-likeness (QED) is 0.744. The number of hydrogen-bond donors (Lipinski definition) is 1. The van der Waals surface area contributed by atoms with E-state index in [-0.39, 0.29) is 0 Å². The van der Waals surface area contributed by atoms with Gasteiger partial charge in [0.25, 0.3) is 0 Å². The van der Waals surface area contributed by atoms with Crippen LogP contribution in [-0.2, 0) is 6.54 Å². The Morgan fingerprint density at radius 1 is 1.14 bits per heavy atom. The van der Waals surface area contributed by atoms with Gasteiger partial charge in [0, 0.05) is 13.1 Å². The van der Waals surface area contributed by atoms with Crippen LogP contribution in [0.3, 0.4) is 0 Å². The van der Waals surface area contributed by atoms with Crippen LogP contribution in [0.15, 0.2) is 12.1 Å². The van der Waals surface area contributed by atoms with Gasteiger partial charge in [0.2, 0.25) is 0 Å². The zero-order valence-corrected chi connectivity index (χ0v) is 13.9. The fraction of sp³-hybridized carbons (Fsp3) is 0.667. The van der Waals surface area contributed by atoms with Crippen molar-refractivity contribution in [1.82, 2.24) is 10.2 Å². The van der Waals surface area contributed by atoms with E-state index < -0.39 is 0 Å². The van der Waals surface area contributed by atoms with Gasteiger partial charge in [-0.05, 0) is 69.4 Å². The summed E-state index contributed by atoms with van der Waals surface area (Å²) in [5.74, 6) is 1.08. The summed E-state index contributed by atoms with van der Waals surface area (Å²) in [4.78, 5) is 2.54. The third-order valence-electron chi connectivity index (χ3n) is 4.16. The summed E-state index contributed by atoms with van der Waals surface area (Å²) >= 11 is 0. The van der Waals surface area contributed by atoms with Gasteiger partial charge in [-0.1, -0.05) is 19.1 Å². The van der Waals surface area contributed by atoms with Crippen LogP contribution in [0.25, 0.3) is 0 Å². The van der Waals surface area contributed by atoms with E-state index in [4.69, 9.17) is 4.74 Å². The van der Waals surface area contributed by atoms with Crippen LogP contribution in [0.2, 0.25) is 0 Å². The highest BCUT2D eigenvalue weighted by atomic mass is 16.5. The molecule has 0 bridgehead atoms. The molecule has 0 radical (unpaired) electrons. The molecule has 2 rings (SSSR count). The van der Waals surface area contributed by atoms with Gasteiger partial charge in [-0.2, -0.15) is 0 Å². The summed E-state index contributed by atoms with van der Waals surface area (Å²) in [6.45, 7) is 12.9. The smallest absolute Gasteiger partial charge is 0.125 e. The number of benzene rings is 1. The second-order valence-electron chi connectivity index (χ2n) is 6.09.